The Balaban J connectivity index is 0.988. The molecule has 0 aliphatic carbocycles. The SMILES string of the molecule is CN(c1ccc(Oc2ccc3c(c2)cc(C(=O)N2CCN(Cc4ccc5c(c4)OCO5)CC2)n3C)nc1)c1ccc(Cl)c(Cl)c1. The minimum Gasteiger partial charge on any atom is -0.454 e. The second-order valence-corrected chi connectivity index (χ2v) is 12.0. The Morgan fingerprint density at radius 2 is 1.69 bits per heavy atom. The van der Waals surface area contributed by atoms with Gasteiger partial charge in [0.15, 0.2) is 11.5 Å². The van der Waals surface area contributed by atoms with Crippen LogP contribution >= 0.6 is 23.2 Å². The number of carbonyl (C=O) groups excluding carboxylic acids is 1. The van der Waals surface area contributed by atoms with E-state index in [0.29, 0.717) is 40.5 Å². The van der Waals surface area contributed by atoms with E-state index >= 15 is 0 Å². The summed E-state index contributed by atoms with van der Waals surface area (Å²) in [5.74, 6) is 2.72. The monoisotopic (exact) mass is 643 g/mol. The first-order valence-corrected chi connectivity index (χ1v) is 15.4. The molecule has 0 unspecified atom stereocenters. The standard InChI is InChI=1S/C34H31Cl2N5O4/c1-38(24-4-7-27(35)28(36)18-24)25-5-10-33(37-19-25)45-26-6-8-29-23(16-26)17-30(39(29)2)34(42)41-13-11-40(12-14-41)20-22-3-9-31-32(15-22)44-21-43-31/h3-10,15-19H,11-14,20-21H2,1-2H3. The maximum absolute atomic E-state index is 13.6. The number of amides is 1. The van der Waals surface area contributed by atoms with Crippen LogP contribution in [0.15, 0.2) is 79.0 Å². The summed E-state index contributed by atoms with van der Waals surface area (Å²) in [7, 11) is 3.86. The Morgan fingerprint density at radius 1 is 0.889 bits per heavy atom. The summed E-state index contributed by atoms with van der Waals surface area (Å²) in [6, 6.07) is 23.0. The normalized spacial score (nSPS) is 14.6. The van der Waals surface area contributed by atoms with Gasteiger partial charge in [0.2, 0.25) is 12.7 Å². The second-order valence-electron chi connectivity index (χ2n) is 11.2. The summed E-state index contributed by atoms with van der Waals surface area (Å²) < 4.78 is 19.0. The first-order valence-electron chi connectivity index (χ1n) is 14.6. The summed E-state index contributed by atoms with van der Waals surface area (Å²) in [5.41, 5.74) is 4.55. The Hall–Kier alpha value is -4.44. The number of carbonyl (C=O) groups is 1. The van der Waals surface area contributed by atoms with Gasteiger partial charge in [-0.1, -0.05) is 29.3 Å². The number of pyridine rings is 1. The third kappa shape index (κ3) is 5.99. The number of aromatic nitrogens is 2. The van der Waals surface area contributed by atoms with E-state index in [0.717, 1.165) is 53.4 Å². The highest BCUT2D eigenvalue weighted by molar-refractivity contribution is 6.42. The van der Waals surface area contributed by atoms with E-state index in [1.54, 1.807) is 12.3 Å². The van der Waals surface area contributed by atoms with Crippen LogP contribution in [0, 0.1) is 0 Å². The van der Waals surface area contributed by atoms with Crippen LogP contribution in [-0.2, 0) is 13.6 Å². The molecular formula is C34H31Cl2N5O4. The number of aryl methyl sites for hydroxylation is 1. The molecule has 45 heavy (non-hydrogen) atoms. The molecule has 3 aromatic carbocycles. The lowest BCUT2D eigenvalue weighted by Crippen LogP contribution is -2.48. The Labute approximate surface area is 271 Å². The van der Waals surface area contributed by atoms with Crippen LogP contribution in [-0.4, -0.2) is 65.3 Å². The summed E-state index contributed by atoms with van der Waals surface area (Å²) in [4.78, 5) is 24.3. The molecule has 2 aromatic heterocycles. The molecule has 1 amide bonds. The van der Waals surface area contributed by atoms with Crippen LogP contribution in [0.25, 0.3) is 10.9 Å². The van der Waals surface area contributed by atoms with Crippen LogP contribution in [0.1, 0.15) is 16.1 Å². The quantitative estimate of drug-likeness (QED) is 0.187. The van der Waals surface area contributed by atoms with Crippen molar-refractivity contribution in [1.82, 2.24) is 19.4 Å². The highest BCUT2D eigenvalue weighted by Crippen LogP contribution is 2.34. The third-order valence-electron chi connectivity index (χ3n) is 8.36. The van der Waals surface area contributed by atoms with Gasteiger partial charge in [-0.2, -0.15) is 0 Å². The maximum Gasteiger partial charge on any atom is 0.270 e. The van der Waals surface area contributed by atoms with Gasteiger partial charge in [0.05, 0.1) is 21.9 Å². The van der Waals surface area contributed by atoms with Crippen molar-refractivity contribution >= 4 is 51.4 Å². The van der Waals surface area contributed by atoms with Crippen LogP contribution in [0.3, 0.4) is 0 Å². The Bertz CT molecular complexity index is 1890. The summed E-state index contributed by atoms with van der Waals surface area (Å²) >= 11 is 12.2. The maximum atomic E-state index is 13.6. The molecule has 0 atom stereocenters. The molecule has 2 aliphatic heterocycles. The number of benzene rings is 3. The minimum absolute atomic E-state index is 0.0299. The third-order valence-corrected chi connectivity index (χ3v) is 9.10. The van der Waals surface area contributed by atoms with Gasteiger partial charge in [0.1, 0.15) is 11.4 Å². The van der Waals surface area contributed by atoms with E-state index < -0.39 is 0 Å². The molecule has 230 valence electrons. The van der Waals surface area contributed by atoms with Crippen molar-refractivity contribution in [2.45, 2.75) is 6.54 Å². The molecule has 1 fully saturated rings. The van der Waals surface area contributed by atoms with Gasteiger partial charge in [-0.3, -0.25) is 9.69 Å². The van der Waals surface area contributed by atoms with E-state index in [9.17, 15) is 4.79 Å². The Kier molecular flexibility index (Phi) is 7.91. The Morgan fingerprint density at radius 3 is 2.47 bits per heavy atom. The van der Waals surface area contributed by atoms with E-state index in [4.69, 9.17) is 37.4 Å². The van der Waals surface area contributed by atoms with Crippen molar-refractivity contribution in [2.75, 3.05) is 44.9 Å². The average Bonchev–Trinajstić information content (AvgIpc) is 3.66. The molecule has 0 saturated carbocycles. The van der Waals surface area contributed by atoms with Crippen molar-refractivity contribution in [3.05, 3.63) is 100 Å². The van der Waals surface area contributed by atoms with E-state index in [-0.39, 0.29) is 12.7 Å². The lowest BCUT2D eigenvalue weighted by Gasteiger charge is -2.34. The molecule has 0 N–H and O–H groups in total. The van der Waals surface area contributed by atoms with Crippen LogP contribution in [0.2, 0.25) is 10.0 Å². The smallest absolute Gasteiger partial charge is 0.270 e. The highest BCUT2D eigenvalue weighted by atomic mass is 35.5. The molecular weight excluding hydrogens is 613 g/mol. The fourth-order valence-electron chi connectivity index (χ4n) is 5.76. The van der Waals surface area contributed by atoms with E-state index in [1.807, 2.05) is 89.1 Å². The molecule has 11 heteroatoms. The average molecular weight is 645 g/mol. The van der Waals surface area contributed by atoms with Crippen LogP contribution in [0.5, 0.6) is 23.1 Å². The fourth-order valence-corrected chi connectivity index (χ4v) is 6.05. The summed E-state index contributed by atoms with van der Waals surface area (Å²) in [5, 5.41) is 1.93. The topological polar surface area (TPSA) is 72.3 Å². The summed E-state index contributed by atoms with van der Waals surface area (Å²) in [6.45, 7) is 4.02. The first-order chi connectivity index (χ1) is 21.8. The molecule has 2 aliphatic rings. The first kappa shape index (κ1) is 29.3. The van der Waals surface area contributed by atoms with Crippen LogP contribution < -0.4 is 19.1 Å². The molecule has 4 heterocycles. The largest absolute Gasteiger partial charge is 0.454 e. The van der Waals surface area contributed by atoms with Crippen molar-refractivity contribution in [2.24, 2.45) is 7.05 Å². The van der Waals surface area contributed by atoms with Crippen molar-refractivity contribution in [1.29, 1.82) is 0 Å². The summed E-state index contributed by atoms with van der Waals surface area (Å²) in [6.07, 6.45) is 1.74. The second kappa shape index (κ2) is 12.2. The molecule has 9 nitrogen and oxygen atoms in total. The lowest BCUT2D eigenvalue weighted by molar-refractivity contribution is 0.0619. The number of nitrogens with zero attached hydrogens (tertiary/aromatic N) is 5. The van der Waals surface area contributed by atoms with E-state index in [2.05, 4.69) is 16.0 Å². The van der Waals surface area contributed by atoms with Gasteiger partial charge in [-0.25, -0.2) is 4.98 Å². The van der Waals surface area contributed by atoms with Crippen LogP contribution in [0.4, 0.5) is 11.4 Å². The molecule has 0 bridgehead atoms. The zero-order valence-corrected chi connectivity index (χ0v) is 26.4. The fraction of sp³-hybridized carbons (Fsp3) is 0.235. The molecule has 1 saturated heterocycles. The zero-order chi connectivity index (χ0) is 31.1. The number of hydrogen-bond donors (Lipinski definition) is 0. The predicted molar refractivity (Wildman–Crippen MR) is 176 cm³/mol. The van der Waals surface area contributed by atoms with Gasteiger partial charge in [0.25, 0.3) is 5.91 Å². The lowest BCUT2D eigenvalue weighted by atomic mass is 10.1. The number of fused-ring (bicyclic) bond motifs is 2. The van der Waals surface area contributed by atoms with Gasteiger partial charge < -0.3 is 28.6 Å². The molecule has 5 aromatic rings. The molecule has 0 spiro atoms. The highest BCUT2D eigenvalue weighted by Gasteiger charge is 2.25. The zero-order valence-electron chi connectivity index (χ0n) is 24.9. The number of piperazine rings is 1. The van der Waals surface area contributed by atoms with Crippen molar-refractivity contribution < 1.29 is 19.0 Å². The van der Waals surface area contributed by atoms with Crippen molar-refractivity contribution in [3.63, 3.8) is 0 Å². The van der Waals surface area contributed by atoms with Crippen molar-refractivity contribution in [3.8, 4) is 23.1 Å². The van der Waals surface area contributed by atoms with E-state index in [1.165, 1.54) is 5.56 Å². The van der Waals surface area contributed by atoms with Gasteiger partial charge in [-0.15, -0.1) is 0 Å². The van der Waals surface area contributed by atoms with Gasteiger partial charge >= 0.3 is 0 Å². The van der Waals surface area contributed by atoms with Gasteiger partial charge in [0, 0.05) is 69.5 Å². The number of ether oxygens (including phenoxy) is 3. The number of halogens is 2. The number of anilines is 2. The molecule has 0 radical (unpaired) electrons. The predicted octanol–water partition coefficient (Wildman–Crippen LogP) is 7.13. The number of rotatable bonds is 7. The van der Waals surface area contributed by atoms with Gasteiger partial charge in [-0.05, 0) is 66.2 Å². The minimum atomic E-state index is 0.0299. The number of hydrogen-bond acceptors (Lipinski definition) is 7. The molecule has 7 rings (SSSR count).